The lowest BCUT2D eigenvalue weighted by Crippen LogP contribution is -2.42. The van der Waals surface area contributed by atoms with Crippen LogP contribution in [0.5, 0.6) is 0 Å². The van der Waals surface area contributed by atoms with E-state index in [1.165, 1.54) is 13.3 Å². The summed E-state index contributed by atoms with van der Waals surface area (Å²) in [6.07, 6.45) is 6.20. The van der Waals surface area contributed by atoms with Gasteiger partial charge in [0.05, 0.1) is 12.1 Å². The third-order valence-corrected chi connectivity index (χ3v) is 4.52. The van der Waals surface area contributed by atoms with E-state index in [4.69, 9.17) is 0 Å². The molecule has 0 unspecified atom stereocenters. The van der Waals surface area contributed by atoms with Gasteiger partial charge in [-0.1, -0.05) is 19.3 Å². The number of hydrogen-bond donors (Lipinski definition) is 2. The van der Waals surface area contributed by atoms with Crippen molar-refractivity contribution in [3.63, 3.8) is 0 Å². The molecule has 1 heterocycles. The van der Waals surface area contributed by atoms with Gasteiger partial charge in [-0.2, -0.15) is 0 Å². The van der Waals surface area contributed by atoms with Crippen LogP contribution in [0.4, 0.5) is 0 Å². The number of rotatable bonds is 2. The highest BCUT2D eigenvalue weighted by atomic mass is 16.3. The molecule has 1 aliphatic carbocycles. The molecule has 0 aromatic heterocycles. The summed E-state index contributed by atoms with van der Waals surface area (Å²) in [4.78, 5) is 25.5. The Bertz CT molecular complexity index is 353. The summed E-state index contributed by atoms with van der Waals surface area (Å²) in [7, 11) is 0. The first-order valence-electron chi connectivity index (χ1n) is 7.82. The highest BCUT2D eigenvalue weighted by Gasteiger charge is 2.31. The van der Waals surface area contributed by atoms with Crippen molar-refractivity contribution < 1.29 is 14.7 Å². The van der Waals surface area contributed by atoms with E-state index >= 15 is 0 Å². The van der Waals surface area contributed by atoms with Crippen LogP contribution in [-0.4, -0.2) is 47.1 Å². The van der Waals surface area contributed by atoms with E-state index in [2.05, 4.69) is 5.32 Å². The molecule has 0 radical (unpaired) electrons. The Kier molecular flexibility index (Phi) is 5.40. The number of amides is 2. The number of aliphatic hydroxyl groups is 1. The maximum atomic E-state index is 12.5. The lowest BCUT2D eigenvalue weighted by molar-refractivity contribution is -0.136. The molecule has 5 heteroatoms. The van der Waals surface area contributed by atoms with E-state index < -0.39 is 6.10 Å². The molecule has 0 bridgehead atoms. The average Bonchev–Trinajstić information content (AvgIpc) is 2.62. The van der Waals surface area contributed by atoms with Gasteiger partial charge in [-0.15, -0.1) is 0 Å². The summed E-state index contributed by atoms with van der Waals surface area (Å²) < 4.78 is 0. The maximum absolute atomic E-state index is 12.5. The number of carbonyl (C=O) groups excluding carboxylic acids is 2. The fourth-order valence-corrected chi connectivity index (χ4v) is 3.35. The lowest BCUT2D eigenvalue weighted by Gasteiger charge is -2.28. The quantitative estimate of drug-likeness (QED) is 0.795. The normalized spacial score (nSPS) is 28.8. The molecule has 1 saturated heterocycles. The first kappa shape index (κ1) is 15.3. The monoisotopic (exact) mass is 282 g/mol. The zero-order chi connectivity index (χ0) is 14.5. The molecular weight excluding hydrogens is 256 g/mol. The van der Waals surface area contributed by atoms with Crippen LogP contribution < -0.4 is 5.32 Å². The second kappa shape index (κ2) is 7.07. The first-order valence-corrected chi connectivity index (χ1v) is 7.82. The van der Waals surface area contributed by atoms with Gasteiger partial charge in [0.25, 0.3) is 0 Å². The second-order valence-electron chi connectivity index (χ2n) is 6.11. The first-order chi connectivity index (χ1) is 9.58. The van der Waals surface area contributed by atoms with Crippen molar-refractivity contribution in [1.82, 2.24) is 10.2 Å². The minimum Gasteiger partial charge on any atom is -0.391 e. The third-order valence-electron chi connectivity index (χ3n) is 4.52. The van der Waals surface area contributed by atoms with Crippen LogP contribution in [0, 0.1) is 5.92 Å². The summed E-state index contributed by atoms with van der Waals surface area (Å²) in [5.41, 5.74) is 0. The van der Waals surface area contributed by atoms with Gasteiger partial charge in [-0.3, -0.25) is 9.59 Å². The Morgan fingerprint density at radius 2 is 1.70 bits per heavy atom. The number of nitrogens with one attached hydrogen (secondary N) is 1. The average molecular weight is 282 g/mol. The second-order valence-corrected chi connectivity index (χ2v) is 6.11. The van der Waals surface area contributed by atoms with Crippen LogP contribution in [0.3, 0.4) is 0 Å². The van der Waals surface area contributed by atoms with Gasteiger partial charge in [0.2, 0.25) is 11.8 Å². The van der Waals surface area contributed by atoms with Gasteiger partial charge in [-0.05, 0) is 25.7 Å². The summed E-state index contributed by atoms with van der Waals surface area (Å²) in [5.74, 6) is 0.305. The molecule has 114 valence electrons. The lowest BCUT2D eigenvalue weighted by atomic mass is 9.88. The number of aliphatic hydroxyl groups excluding tert-OH is 1. The van der Waals surface area contributed by atoms with Gasteiger partial charge in [0.15, 0.2) is 0 Å². The van der Waals surface area contributed by atoms with Crippen molar-refractivity contribution in [2.45, 2.75) is 64.0 Å². The Morgan fingerprint density at radius 3 is 2.35 bits per heavy atom. The molecule has 20 heavy (non-hydrogen) atoms. The Morgan fingerprint density at radius 1 is 1.05 bits per heavy atom. The Balaban J connectivity index is 1.90. The van der Waals surface area contributed by atoms with Crippen molar-refractivity contribution in [3.8, 4) is 0 Å². The van der Waals surface area contributed by atoms with Crippen LogP contribution >= 0.6 is 0 Å². The zero-order valence-electron chi connectivity index (χ0n) is 12.3. The van der Waals surface area contributed by atoms with Gasteiger partial charge in [-0.25, -0.2) is 0 Å². The number of likely N-dealkylation sites (tertiary alicyclic amines) is 1. The molecule has 2 rings (SSSR count). The van der Waals surface area contributed by atoms with E-state index in [1.807, 2.05) is 4.90 Å². The van der Waals surface area contributed by atoms with Crippen LogP contribution in [-0.2, 0) is 9.59 Å². The van der Waals surface area contributed by atoms with Gasteiger partial charge >= 0.3 is 0 Å². The van der Waals surface area contributed by atoms with Gasteiger partial charge in [0, 0.05) is 25.9 Å². The minimum atomic E-state index is -0.553. The molecule has 2 aliphatic rings. The predicted octanol–water partition coefficient (Wildman–Crippen LogP) is 1.05. The molecule has 0 aromatic carbocycles. The molecule has 1 aliphatic heterocycles. The standard InChI is InChI=1S/C15H26N2O3/c1-11(18)16-13-7-9-17(10-8-14(13)19)15(20)12-5-3-2-4-6-12/h12-14,19H,2-10H2,1H3,(H,16,18)/t13-,14-/m0/s1. The Hall–Kier alpha value is -1.10. The third kappa shape index (κ3) is 3.95. The molecule has 2 fully saturated rings. The van der Waals surface area contributed by atoms with E-state index in [9.17, 15) is 14.7 Å². The van der Waals surface area contributed by atoms with E-state index in [0.29, 0.717) is 25.9 Å². The topological polar surface area (TPSA) is 69.6 Å². The summed E-state index contributed by atoms with van der Waals surface area (Å²) in [6.45, 7) is 2.70. The van der Waals surface area contributed by atoms with E-state index in [-0.39, 0.29) is 23.8 Å². The summed E-state index contributed by atoms with van der Waals surface area (Å²) in [6, 6.07) is -0.225. The summed E-state index contributed by atoms with van der Waals surface area (Å²) >= 11 is 0. The molecule has 0 spiro atoms. The van der Waals surface area contributed by atoms with E-state index in [0.717, 1.165) is 25.7 Å². The van der Waals surface area contributed by atoms with Crippen molar-refractivity contribution in [2.75, 3.05) is 13.1 Å². The molecular formula is C15H26N2O3. The number of hydrogen-bond acceptors (Lipinski definition) is 3. The van der Waals surface area contributed by atoms with Crippen molar-refractivity contribution in [1.29, 1.82) is 0 Å². The van der Waals surface area contributed by atoms with Crippen LogP contribution in [0.1, 0.15) is 51.9 Å². The molecule has 2 amide bonds. The van der Waals surface area contributed by atoms with Crippen molar-refractivity contribution in [3.05, 3.63) is 0 Å². The predicted molar refractivity (Wildman–Crippen MR) is 76.0 cm³/mol. The van der Waals surface area contributed by atoms with Gasteiger partial charge < -0.3 is 15.3 Å². The van der Waals surface area contributed by atoms with Gasteiger partial charge in [0.1, 0.15) is 0 Å². The molecule has 2 atom stereocenters. The van der Waals surface area contributed by atoms with Crippen molar-refractivity contribution >= 4 is 11.8 Å². The van der Waals surface area contributed by atoms with E-state index in [1.54, 1.807) is 0 Å². The van der Waals surface area contributed by atoms with Crippen molar-refractivity contribution in [2.24, 2.45) is 5.92 Å². The highest BCUT2D eigenvalue weighted by Crippen LogP contribution is 2.26. The fourth-order valence-electron chi connectivity index (χ4n) is 3.35. The number of carbonyl (C=O) groups is 2. The molecule has 5 nitrogen and oxygen atoms in total. The maximum Gasteiger partial charge on any atom is 0.225 e. The zero-order valence-corrected chi connectivity index (χ0v) is 12.3. The van der Waals surface area contributed by atoms with Crippen LogP contribution in [0.2, 0.25) is 0 Å². The molecule has 1 saturated carbocycles. The van der Waals surface area contributed by atoms with Crippen LogP contribution in [0.25, 0.3) is 0 Å². The van der Waals surface area contributed by atoms with Crippen LogP contribution in [0.15, 0.2) is 0 Å². The largest absolute Gasteiger partial charge is 0.391 e. The fraction of sp³-hybridized carbons (Fsp3) is 0.867. The Labute approximate surface area is 120 Å². The molecule has 0 aromatic rings. The summed E-state index contributed by atoms with van der Waals surface area (Å²) in [5, 5.41) is 12.8. The smallest absolute Gasteiger partial charge is 0.225 e. The minimum absolute atomic E-state index is 0.124. The number of nitrogens with zero attached hydrogens (tertiary/aromatic N) is 1. The molecule has 2 N–H and O–H groups in total. The highest BCUT2D eigenvalue weighted by molar-refractivity contribution is 5.79. The SMILES string of the molecule is CC(=O)N[C@H]1CCN(C(=O)C2CCCCC2)CC[C@@H]1O.